The molecule has 4 N–H and O–H groups in total. The molecule has 0 aliphatic rings. The molecule has 0 aliphatic heterocycles. The molecule has 2 aromatic heterocycles. The summed E-state index contributed by atoms with van der Waals surface area (Å²) in [5.41, 5.74) is 8.37. The van der Waals surface area contributed by atoms with Gasteiger partial charge in [0.25, 0.3) is 0 Å². The van der Waals surface area contributed by atoms with Crippen molar-refractivity contribution in [2.75, 3.05) is 17.7 Å². The highest BCUT2D eigenvalue weighted by atomic mass is 32.1. The number of hydrogen-bond donors (Lipinski definition) is 3. The molecule has 0 unspecified atom stereocenters. The number of thiazole rings is 1. The van der Waals surface area contributed by atoms with Crippen LogP contribution in [0.15, 0.2) is 54.7 Å². The predicted octanol–water partition coefficient (Wildman–Crippen LogP) is 4.58. The Hall–Kier alpha value is -3.32. The number of H-pyrrole nitrogens is 1. The number of anilines is 3. The Morgan fingerprint density at radius 2 is 2.00 bits per heavy atom. The molecule has 2 heterocycles. The molecule has 0 aliphatic carbocycles. The molecule has 4 rings (SSSR count). The van der Waals surface area contributed by atoms with Gasteiger partial charge in [0.1, 0.15) is 16.4 Å². The van der Waals surface area contributed by atoms with E-state index in [-0.39, 0.29) is 11.6 Å². The fraction of sp³-hybridized carbons (Fsp3) is 0.100. The van der Waals surface area contributed by atoms with Gasteiger partial charge in [0.05, 0.1) is 6.61 Å². The number of carbonyl (C=O) groups excluding carboxylic acids is 1. The van der Waals surface area contributed by atoms with Crippen molar-refractivity contribution in [2.45, 2.75) is 6.92 Å². The van der Waals surface area contributed by atoms with Crippen LogP contribution < -0.4 is 15.8 Å². The molecule has 4 aromatic rings. The second-order valence-corrected chi connectivity index (χ2v) is 6.89. The maximum Gasteiger partial charge on any atom is 0.208 e. The number of carbonyl (C=O) groups is 1. The van der Waals surface area contributed by atoms with Gasteiger partial charge in [-0.25, -0.2) is 4.98 Å². The molecule has 0 amide bonds. The van der Waals surface area contributed by atoms with Crippen molar-refractivity contribution in [1.82, 2.24) is 9.97 Å². The van der Waals surface area contributed by atoms with Crippen molar-refractivity contribution in [2.24, 2.45) is 0 Å². The molecule has 0 bridgehead atoms. The third-order valence-electron chi connectivity index (χ3n) is 4.11. The number of nitrogens with zero attached hydrogens (tertiary/aromatic N) is 1. The van der Waals surface area contributed by atoms with Crippen molar-refractivity contribution >= 4 is 44.7 Å². The average molecular weight is 378 g/mol. The van der Waals surface area contributed by atoms with Gasteiger partial charge < -0.3 is 20.8 Å². The smallest absolute Gasteiger partial charge is 0.208 e. The van der Waals surface area contributed by atoms with Gasteiger partial charge in [0.2, 0.25) is 5.78 Å². The molecule has 0 saturated carbocycles. The van der Waals surface area contributed by atoms with E-state index in [4.69, 9.17) is 10.5 Å². The summed E-state index contributed by atoms with van der Waals surface area (Å²) in [5.74, 6) is 0.891. The summed E-state index contributed by atoms with van der Waals surface area (Å²) in [5, 5.41) is 4.62. The van der Waals surface area contributed by atoms with Crippen LogP contribution in [0.5, 0.6) is 5.75 Å². The van der Waals surface area contributed by atoms with Crippen molar-refractivity contribution in [3.63, 3.8) is 0 Å². The SMILES string of the molecule is CCOc1ccc(Nc2nc(N)c(C(=O)c3c[nH]c4ccccc34)s2)cc1. The summed E-state index contributed by atoms with van der Waals surface area (Å²) in [4.78, 5) is 20.8. The van der Waals surface area contributed by atoms with Crippen LogP contribution in [0.1, 0.15) is 22.2 Å². The second-order valence-electron chi connectivity index (χ2n) is 5.89. The summed E-state index contributed by atoms with van der Waals surface area (Å²) < 4.78 is 5.43. The summed E-state index contributed by atoms with van der Waals surface area (Å²) in [7, 11) is 0. The van der Waals surface area contributed by atoms with E-state index in [0.717, 1.165) is 22.3 Å². The van der Waals surface area contributed by atoms with E-state index in [1.165, 1.54) is 11.3 Å². The Morgan fingerprint density at radius 1 is 1.22 bits per heavy atom. The van der Waals surface area contributed by atoms with E-state index in [1.54, 1.807) is 6.20 Å². The first-order chi connectivity index (χ1) is 13.2. The summed E-state index contributed by atoms with van der Waals surface area (Å²) in [6, 6.07) is 15.2. The number of rotatable bonds is 6. The predicted molar refractivity (Wildman–Crippen MR) is 109 cm³/mol. The largest absolute Gasteiger partial charge is 0.494 e. The lowest BCUT2D eigenvalue weighted by Gasteiger charge is -2.05. The number of aromatic nitrogens is 2. The van der Waals surface area contributed by atoms with Crippen LogP contribution in [0, 0.1) is 0 Å². The van der Waals surface area contributed by atoms with E-state index < -0.39 is 0 Å². The standard InChI is InChI=1S/C20H18N4O2S/c1-2-26-13-9-7-12(8-10-13)23-20-24-19(21)18(27-20)17(25)15-11-22-16-6-4-3-5-14(15)16/h3-11,22H,2,21H2,1H3,(H,23,24). The maximum absolute atomic E-state index is 13.0. The molecule has 2 aromatic carbocycles. The first-order valence-electron chi connectivity index (χ1n) is 8.52. The highest BCUT2D eigenvalue weighted by Crippen LogP contribution is 2.31. The van der Waals surface area contributed by atoms with Crippen LogP contribution in [0.4, 0.5) is 16.6 Å². The number of para-hydroxylation sites is 1. The molecular weight excluding hydrogens is 360 g/mol. The molecule has 0 fully saturated rings. The van der Waals surface area contributed by atoms with Crippen LogP contribution >= 0.6 is 11.3 Å². The highest BCUT2D eigenvalue weighted by Gasteiger charge is 2.20. The van der Waals surface area contributed by atoms with Gasteiger partial charge in [-0.1, -0.05) is 29.5 Å². The van der Waals surface area contributed by atoms with Crippen molar-refractivity contribution in [3.8, 4) is 5.75 Å². The number of benzene rings is 2. The van der Waals surface area contributed by atoms with Crippen LogP contribution in [0.25, 0.3) is 10.9 Å². The number of nitrogens with two attached hydrogens (primary N) is 1. The molecule has 0 spiro atoms. The van der Waals surface area contributed by atoms with Crippen molar-refractivity contribution in [3.05, 3.63) is 65.2 Å². The van der Waals surface area contributed by atoms with Gasteiger partial charge in [-0.15, -0.1) is 0 Å². The first kappa shape index (κ1) is 17.1. The number of nitrogen functional groups attached to an aromatic ring is 1. The zero-order valence-corrected chi connectivity index (χ0v) is 15.5. The van der Waals surface area contributed by atoms with Crippen LogP contribution in [0.2, 0.25) is 0 Å². The molecule has 136 valence electrons. The summed E-state index contributed by atoms with van der Waals surface area (Å²) in [6.07, 6.45) is 1.71. The third-order valence-corrected chi connectivity index (χ3v) is 5.10. The van der Waals surface area contributed by atoms with Gasteiger partial charge in [-0.2, -0.15) is 0 Å². The van der Waals surface area contributed by atoms with Crippen LogP contribution in [-0.2, 0) is 0 Å². The fourth-order valence-electron chi connectivity index (χ4n) is 2.85. The zero-order chi connectivity index (χ0) is 18.8. The molecule has 27 heavy (non-hydrogen) atoms. The summed E-state index contributed by atoms with van der Waals surface area (Å²) >= 11 is 1.24. The quantitative estimate of drug-likeness (QED) is 0.427. The fourth-order valence-corrected chi connectivity index (χ4v) is 3.71. The van der Waals surface area contributed by atoms with Gasteiger partial charge in [0, 0.05) is 28.4 Å². The zero-order valence-electron chi connectivity index (χ0n) is 14.7. The lowest BCUT2D eigenvalue weighted by molar-refractivity contribution is 0.104. The number of nitrogens with one attached hydrogen (secondary N) is 2. The lowest BCUT2D eigenvalue weighted by atomic mass is 10.1. The molecule has 7 heteroatoms. The van der Waals surface area contributed by atoms with Crippen molar-refractivity contribution in [1.29, 1.82) is 0 Å². The molecular formula is C20H18N4O2S. The number of hydrogen-bond acceptors (Lipinski definition) is 6. The number of fused-ring (bicyclic) bond motifs is 1. The normalized spacial score (nSPS) is 10.9. The number of ether oxygens (including phenoxy) is 1. The topological polar surface area (TPSA) is 93.0 Å². The highest BCUT2D eigenvalue weighted by molar-refractivity contribution is 7.18. The Kier molecular flexibility index (Phi) is 4.52. The van der Waals surface area contributed by atoms with Crippen LogP contribution in [-0.4, -0.2) is 22.4 Å². The van der Waals surface area contributed by atoms with E-state index in [2.05, 4.69) is 15.3 Å². The molecule has 0 atom stereocenters. The van der Waals surface area contributed by atoms with E-state index in [0.29, 0.717) is 22.2 Å². The molecule has 6 nitrogen and oxygen atoms in total. The van der Waals surface area contributed by atoms with E-state index in [1.807, 2.05) is 55.5 Å². The maximum atomic E-state index is 13.0. The number of aromatic amines is 1. The Labute approximate surface area is 160 Å². The monoisotopic (exact) mass is 378 g/mol. The van der Waals surface area contributed by atoms with Gasteiger partial charge >= 0.3 is 0 Å². The van der Waals surface area contributed by atoms with Gasteiger partial charge in [0.15, 0.2) is 5.13 Å². The lowest BCUT2D eigenvalue weighted by Crippen LogP contribution is -2.01. The van der Waals surface area contributed by atoms with Crippen LogP contribution in [0.3, 0.4) is 0 Å². The minimum absolute atomic E-state index is 0.137. The summed E-state index contributed by atoms with van der Waals surface area (Å²) in [6.45, 7) is 2.56. The minimum Gasteiger partial charge on any atom is -0.494 e. The Balaban J connectivity index is 1.58. The number of ketones is 1. The minimum atomic E-state index is -0.137. The van der Waals surface area contributed by atoms with Gasteiger partial charge in [-0.05, 0) is 37.3 Å². The first-order valence-corrected chi connectivity index (χ1v) is 9.34. The van der Waals surface area contributed by atoms with Crippen molar-refractivity contribution < 1.29 is 9.53 Å². The van der Waals surface area contributed by atoms with E-state index in [9.17, 15) is 4.79 Å². The second kappa shape index (κ2) is 7.13. The Bertz CT molecular complexity index is 1100. The average Bonchev–Trinajstić information content (AvgIpc) is 3.26. The molecule has 0 saturated heterocycles. The Morgan fingerprint density at radius 3 is 2.78 bits per heavy atom. The molecule has 0 radical (unpaired) electrons. The van der Waals surface area contributed by atoms with E-state index >= 15 is 0 Å². The third kappa shape index (κ3) is 3.37. The van der Waals surface area contributed by atoms with Gasteiger partial charge in [-0.3, -0.25) is 4.79 Å².